The van der Waals surface area contributed by atoms with Gasteiger partial charge in [0.25, 0.3) is 0 Å². The molecule has 0 saturated heterocycles. The van der Waals surface area contributed by atoms with Crippen LogP contribution in [-0.2, 0) is 9.53 Å². The zero-order valence-electron chi connectivity index (χ0n) is 12.9. The van der Waals surface area contributed by atoms with Crippen LogP contribution in [0.25, 0.3) is 0 Å². The van der Waals surface area contributed by atoms with Gasteiger partial charge < -0.3 is 14.9 Å². The van der Waals surface area contributed by atoms with Gasteiger partial charge in [0.15, 0.2) is 6.10 Å². The van der Waals surface area contributed by atoms with E-state index in [-0.39, 0.29) is 17.8 Å². The van der Waals surface area contributed by atoms with E-state index in [1.165, 1.54) is 25.2 Å². The maximum absolute atomic E-state index is 12.9. The number of carboxylic acid groups (broad SMARTS) is 1. The number of carboxylic acids is 1. The fraction of sp³-hybridized carbons (Fsp3) is 0.438. The lowest BCUT2D eigenvalue weighted by Gasteiger charge is -2.27. The standard InChI is InChI=1S/C16H23FO4/c1-11(7-6-8-18)9-13(12(2)10-17)14(15(19)20)21-16(3,4)5/h6-7,9-10,14,18H,1,8H2,2-5H3,(H,19,20). The van der Waals surface area contributed by atoms with Crippen LogP contribution < -0.4 is 0 Å². The van der Waals surface area contributed by atoms with E-state index in [4.69, 9.17) is 9.84 Å². The first-order valence-corrected chi connectivity index (χ1v) is 6.48. The molecule has 0 aliphatic carbocycles. The molecule has 0 rings (SSSR count). The fourth-order valence-electron chi connectivity index (χ4n) is 1.51. The Morgan fingerprint density at radius 1 is 1.43 bits per heavy atom. The van der Waals surface area contributed by atoms with Crippen molar-refractivity contribution in [3.05, 3.63) is 47.9 Å². The van der Waals surface area contributed by atoms with Crippen molar-refractivity contribution in [3.8, 4) is 0 Å². The van der Waals surface area contributed by atoms with Crippen LogP contribution in [0.4, 0.5) is 4.39 Å². The van der Waals surface area contributed by atoms with Crippen LogP contribution in [-0.4, -0.2) is 34.5 Å². The molecule has 118 valence electrons. The number of hydrogen-bond acceptors (Lipinski definition) is 3. The minimum atomic E-state index is -1.31. The second kappa shape index (κ2) is 8.54. The first-order chi connectivity index (χ1) is 9.62. The second-order valence-electron chi connectivity index (χ2n) is 5.50. The minimum absolute atomic E-state index is 0.144. The molecule has 1 atom stereocenters. The van der Waals surface area contributed by atoms with Crippen molar-refractivity contribution >= 4 is 5.97 Å². The zero-order valence-corrected chi connectivity index (χ0v) is 12.9. The average molecular weight is 298 g/mol. The SMILES string of the molecule is C=C(C=CCO)C=C(C(C)=CF)C(OC(C)(C)C)C(=O)O. The molecule has 21 heavy (non-hydrogen) atoms. The molecule has 0 radical (unpaired) electrons. The highest BCUT2D eigenvalue weighted by molar-refractivity contribution is 5.78. The van der Waals surface area contributed by atoms with Crippen LogP contribution in [0.1, 0.15) is 27.7 Å². The molecule has 0 aromatic rings. The number of halogens is 1. The van der Waals surface area contributed by atoms with E-state index in [1.807, 2.05) is 0 Å². The third kappa shape index (κ3) is 7.58. The Morgan fingerprint density at radius 2 is 2.00 bits per heavy atom. The van der Waals surface area contributed by atoms with Crippen LogP contribution in [0, 0.1) is 0 Å². The van der Waals surface area contributed by atoms with Gasteiger partial charge in [-0.1, -0.05) is 18.7 Å². The summed E-state index contributed by atoms with van der Waals surface area (Å²) in [5.41, 5.74) is 0.0443. The number of rotatable bonds is 7. The topological polar surface area (TPSA) is 66.8 Å². The molecular formula is C16H23FO4. The van der Waals surface area contributed by atoms with E-state index in [9.17, 15) is 14.3 Å². The van der Waals surface area contributed by atoms with Gasteiger partial charge >= 0.3 is 5.97 Å². The van der Waals surface area contributed by atoms with Crippen molar-refractivity contribution in [2.45, 2.75) is 39.4 Å². The summed E-state index contributed by atoms with van der Waals surface area (Å²) in [6.07, 6.45) is 3.42. The van der Waals surface area contributed by atoms with E-state index in [2.05, 4.69) is 6.58 Å². The number of aliphatic hydroxyl groups excluding tert-OH is 1. The summed E-state index contributed by atoms with van der Waals surface area (Å²) in [5, 5.41) is 18.1. The van der Waals surface area contributed by atoms with Crippen molar-refractivity contribution in [1.82, 2.24) is 0 Å². The predicted octanol–water partition coefficient (Wildman–Crippen LogP) is 3.16. The molecule has 0 heterocycles. The van der Waals surface area contributed by atoms with Gasteiger partial charge in [-0.2, -0.15) is 0 Å². The number of aliphatic hydroxyl groups is 1. The van der Waals surface area contributed by atoms with E-state index in [0.29, 0.717) is 11.9 Å². The lowest BCUT2D eigenvalue weighted by atomic mass is 9.99. The smallest absolute Gasteiger partial charge is 0.337 e. The first-order valence-electron chi connectivity index (χ1n) is 6.48. The van der Waals surface area contributed by atoms with Crippen LogP contribution in [0.3, 0.4) is 0 Å². The molecule has 0 fully saturated rings. The van der Waals surface area contributed by atoms with Crippen LogP contribution in [0.5, 0.6) is 0 Å². The van der Waals surface area contributed by atoms with E-state index < -0.39 is 17.7 Å². The molecule has 0 aliphatic heterocycles. The summed E-state index contributed by atoms with van der Waals surface area (Å²) in [5.74, 6) is -1.21. The molecular weight excluding hydrogens is 275 g/mol. The molecule has 0 aromatic carbocycles. The molecule has 0 bridgehead atoms. The van der Waals surface area contributed by atoms with Gasteiger partial charge in [0.05, 0.1) is 18.5 Å². The quantitative estimate of drug-likeness (QED) is 0.709. The van der Waals surface area contributed by atoms with Crippen molar-refractivity contribution in [1.29, 1.82) is 0 Å². The van der Waals surface area contributed by atoms with Gasteiger partial charge in [-0.25, -0.2) is 9.18 Å². The summed E-state index contributed by atoms with van der Waals surface area (Å²) in [6.45, 7) is 10.2. The zero-order chi connectivity index (χ0) is 16.6. The maximum Gasteiger partial charge on any atom is 0.337 e. The highest BCUT2D eigenvalue weighted by atomic mass is 19.1. The highest BCUT2D eigenvalue weighted by Crippen LogP contribution is 2.24. The maximum atomic E-state index is 12.9. The summed E-state index contributed by atoms with van der Waals surface area (Å²) in [4.78, 5) is 11.4. The Bertz CT molecular complexity index is 467. The molecule has 0 spiro atoms. The van der Waals surface area contributed by atoms with Gasteiger partial charge in [0, 0.05) is 0 Å². The molecule has 0 aromatic heterocycles. The van der Waals surface area contributed by atoms with Gasteiger partial charge in [-0.3, -0.25) is 0 Å². The largest absolute Gasteiger partial charge is 0.479 e. The summed E-state index contributed by atoms with van der Waals surface area (Å²) < 4.78 is 18.4. The normalized spacial score (nSPS) is 15.3. The monoisotopic (exact) mass is 298 g/mol. The van der Waals surface area contributed by atoms with Gasteiger partial charge in [0.1, 0.15) is 0 Å². The Hall–Kier alpha value is -1.72. The van der Waals surface area contributed by atoms with Crippen molar-refractivity contribution < 1.29 is 24.1 Å². The first kappa shape index (κ1) is 19.3. The summed E-state index contributed by atoms with van der Waals surface area (Å²) in [6, 6.07) is 0. The van der Waals surface area contributed by atoms with Crippen LogP contribution in [0.2, 0.25) is 0 Å². The second-order valence-corrected chi connectivity index (χ2v) is 5.50. The number of carbonyl (C=O) groups is 1. The summed E-state index contributed by atoms with van der Waals surface area (Å²) >= 11 is 0. The number of allylic oxidation sites excluding steroid dienone is 3. The Balaban J connectivity index is 5.66. The molecule has 0 aliphatic rings. The van der Waals surface area contributed by atoms with Crippen molar-refractivity contribution in [3.63, 3.8) is 0 Å². The van der Waals surface area contributed by atoms with Gasteiger partial charge in [-0.15, -0.1) is 0 Å². The van der Waals surface area contributed by atoms with Gasteiger partial charge in [-0.05, 0) is 50.5 Å². The Morgan fingerprint density at radius 3 is 2.38 bits per heavy atom. The van der Waals surface area contributed by atoms with Crippen molar-refractivity contribution in [2.24, 2.45) is 0 Å². The van der Waals surface area contributed by atoms with Gasteiger partial charge in [0.2, 0.25) is 0 Å². The molecule has 4 nitrogen and oxygen atoms in total. The Kier molecular flexibility index (Phi) is 7.84. The molecule has 5 heteroatoms. The predicted molar refractivity (Wildman–Crippen MR) is 80.6 cm³/mol. The minimum Gasteiger partial charge on any atom is -0.479 e. The van der Waals surface area contributed by atoms with E-state index >= 15 is 0 Å². The number of aliphatic carboxylic acids is 1. The number of hydrogen-bond donors (Lipinski definition) is 2. The van der Waals surface area contributed by atoms with Crippen LogP contribution in [0.15, 0.2) is 47.9 Å². The summed E-state index contributed by atoms with van der Waals surface area (Å²) in [7, 11) is 0. The number of ether oxygens (including phenoxy) is 1. The fourth-order valence-corrected chi connectivity index (χ4v) is 1.51. The molecule has 2 N–H and O–H groups in total. The molecule has 0 amide bonds. The van der Waals surface area contributed by atoms with E-state index in [1.54, 1.807) is 20.8 Å². The third-order valence-corrected chi connectivity index (χ3v) is 2.38. The van der Waals surface area contributed by atoms with Crippen molar-refractivity contribution in [2.75, 3.05) is 6.61 Å². The van der Waals surface area contributed by atoms with E-state index in [0.717, 1.165) is 0 Å². The lowest BCUT2D eigenvalue weighted by molar-refractivity contribution is -0.155. The highest BCUT2D eigenvalue weighted by Gasteiger charge is 2.29. The van der Waals surface area contributed by atoms with Crippen LogP contribution >= 0.6 is 0 Å². The average Bonchev–Trinajstić information content (AvgIpc) is 2.38. The Labute approximate surface area is 124 Å². The lowest BCUT2D eigenvalue weighted by Crippen LogP contribution is -2.35. The third-order valence-electron chi connectivity index (χ3n) is 2.38. The molecule has 1 unspecified atom stereocenters. The molecule has 0 saturated carbocycles.